The minimum Gasteiger partial charge on any atom is -0.465 e. The predicted molar refractivity (Wildman–Crippen MR) is 130 cm³/mol. The molecule has 0 unspecified atom stereocenters. The van der Waals surface area contributed by atoms with Gasteiger partial charge in [0.15, 0.2) is 6.10 Å². The Bertz CT molecular complexity index is 605. The minimum absolute atomic E-state index is 0.237. The molecule has 5 heteroatoms. The van der Waals surface area contributed by atoms with E-state index in [4.69, 9.17) is 15.2 Å². The molecule has 2 atom stereocenters. The van der Waals surface area contributed by atoms with Crippen LogP contribution in [0.15, 0.2) is 30.3 Å². The summed E-state index contributed by atoms with van der Waals surface area (Å²) in [5.41, 5.74) is 6.75. The number of ether oxygens (including phenoxy) is 2. The fourth-order valence-corrected chi connectivity index (χ4v) is 3.84. The lowest BCUT2D eigenvalue weighted by molar-refractivity contribution is -0.157. The Morgan fingerprint density at radius 3 is 1.78 bits per heavy atom. The number of benzene rings is 1. The van der Waals surface area contributed by atoms with Crippen LogP contribution in [0.5, 0.6) is 0 Å². The van der Waals surface area contributed by atoms with Gasteiger partial charge in [0.1, 0.15) is 6.04 Å². The van der Waals surface area contributed by atoms with E-state index in [2.05, 4.69) is 6.92 Å². The van der Waals surface area contributed by atoms with Gasteiger partial charge >= 0.3 is 11.9 Å². The fraction of sp³-hybridized carbons (Fsp3) is 0.704. The predicted octanol–water partition coefficient (Wildman–Crippen LogP) is 6.64. The van der Waals surface area contributed by atoms with Gasteiger partial charge in [-0.2, -0.15) is 0 Å². The van der Waals surface area contributed by atoms with Gasteiger partial charge in [0.05, 0.1) is 6.61 Å². The lowest BCUT2D eigenvalue weighted by Crippen LogP contribution is -2.40. The molecule has 2 N–H and O–H groups in total. The van der Waals surface area contributed by atoms with Crippen molar-refractivity contribution >= 4 is 11.9 Å². The molecule has 0 saturated carbocycles. The van der Waals surface area contributed by atoms with Crippen LogP contribution in [0.3, 0.4) is 0 Å². The van der Waals surface area contributed by atoms with Crippen molar-refractivity contribution in [3.05, 3.63) is 35.9 Å². The largest absolute Gasteiger partial charge is 0.465 e. The standard InChI is InChI=1S/C27H45NO4/c1-3-5-6-7-8-9-10-11-12-13-14-15-19-22-24(29)32-26(23-20-17-16-18-21-23)25(28)27(30)31-4-2/h16-18,20-21,25-26H,3-15,19,22,28H2,1-2H3/t25-,26+/m1/s1. The maximum atomic E-state index is 12.4. The molecule has 32 heavy (non-hydrogen) atoms. The zero-order valence-corrected chi connectivity index (χ0v) is 20.4. The molecule has 1 aromatic rings. The van der Waals surface area contributed by atoms with Gasteiger partial charge in [-0.05, 0) is 18.9 Å². The highest BCUT2D eigenvalue weighted by molar-refractivity contribution is 5.77. The molecule has 0 aliphatic heterocycles. The molecule has 0 aliphatic rings. The SMILES string of the molecule is CCCCCCCCCCCCCCCC(=O)O[C@@H](c1ccccc1)[C@@H](N)C(=O)OCC. The third kappa shape index (κ3) is 12.8. The molecule has 0 spiro atoms. The summed E-state index contributed by atoms with van der Waals surface area (Å²) < 4.78 is 10.6. The Labute approximate surface area is 195 Å². The summed E-state index contributed by atoms with van der Waals surface area (Å²) >= 11 is 0. The summed E-state index contributed by atoms with van der Waals surface area (Å²) in [5, 5.41) is 0. The number of rotatable bonds is 19. The first-order chi connectivity index (χ1) is 15.6. The summed E-state index contributed by atoms with van der Waals surface area (Å²) in [6.45, 7) is 4.22. The highest BCUT2D eigenvalue weighted by Gasteiger charge is 2.30. The van der Waals surface area contributed by atoms with Crippen LogP contribution in [0.25, 0.3) is 0 Å². The highest BCUT2D eigenvalue weighted by atomic mass is 16.6. The second-order valence-electron chi connectivity index (χ2n) is 8.59. The molecule has 0 aromatic heterocycles. The van der Waals surface area contributed by atoms with E-state index >= 15 is 0 Å². The van der Waals surface area contributed by atoms with E-state index in [0.717, 1.165) is 19.3 Å². The smallest absolute Gasteiger partial charge is 0.327 e. The van der Waals surface area contributed by atoms with Gasteiger partial charge in [-0.1, -0.05) is 114 Å². The first-order valence-electron chi connectivity index (χ1n) is 12.8. The van der Waals surface area contributed by atoms with Crippen LogP contribution in [-0.4, -0.2) is 24.6 Å². The zero-order chi connectivity index (χ0) is 23.4. The number of esters is 2. The number of hydrogen-bond acceptors (Lipinski definition) is 5. The van der Waals surface area contributed by atoms with E-state index in [9.17, 15) is 9.59 Å². The van der Waals surface area contributed by atoms with E-state index in [0.29, 0.717) is 12.0 Å². The Balaban J connectivity index is 2.21. The third-order valence-electron chi connectivity index (χ3n) is 5.76. The number of unbranched alkanes of at least 4 members (excludes halogenated alkanes) is 12. The van der Waals surface area contributed by atoms with Gasteiger partial charge in [-0.3, -0.25) is 9.59 Å². The summed E-state index contributed by atoms with van der Waals surface area (Å²) in [4.78, 5) is 24.5. The topological polar surface area (TPSA) is 78.6 Å². The van der Waals surface area contributed by atoms with E-state index in [1.807, 2.05) is 30.3 Å². The van der Waals surface area contributed by atoms with E-state index in [-0.39, 0.29) is 12.6 Å². The van der Waals surface area contributed by atoms with Crippen molar-refractivity contribution in [3.63, 3.8) is 0 Å². The Hall–Kier alpha value is -1.88. The monoisotopic (exact) mass is 447 g/mol. The molecule has 0 bridgehead atoms. The normalized spacial score (nSPS) is 12.8. The van der Waals surface area contributed by atoms with E-state index < -0.39 is 18.1 Å². The van der Waals surface area contributed by atoms with Crippen LogP contribution in [0.1, 0.15) is 115 Å². The van der Waals surface area contributed by atoms with Crippen LogP contribution < -0.4 is 5.73 Å². The van der Waals surface area contributed by atoms with Crippen LogP contribution in [0.2, 0.25) is 0 Å². The van der Waals surface area contributed by atoms with Gasteiger partial charge in [-0.25, -0.2) is 0 Å². The van der Waals surface area contributed by atoms with Crippen molar-refractivity contribution < 1.29 is 19.1 Å². The van der Waals surface area contributed by atoms with Gasteiger partial charge in [0.25, 0.3) is 0 Å². The van der Waals surface area contributed by atoms with Crippen molar-refractivity contribution in [2.24, 2.45) is 5.73 Å². The third-order valence-corrected chi connectivity index (χ3v) is 5.76. The molecular weight excluding hydrogens is 402 g/mol. The number of carbonyl (C=O) groups is 2. The quantitative estimate of drug-likeness (QED) is 0.190. The highest BCUT2D eigenvalue weighted by Crippen LogP contribution is 2.22. The van der Waals surface area contributed by atoms with Crippen molar-refractivity contribution in [1.82, 2.24) is 0 Å². The molecule has 0 fully saturated rings. The van der Waals surface area contributed by atoms with Crippen molar-refractivity contribution in [1.29, 1.82) is 0 Å². The Morgan fingerprint density at radius 2 is 1.28 bits per heavy atom. The zero-order valence-electron chi connectivity index (χ0n) is 20.4. The summed E-state index contributed by atoms with van der Waals surface area (Å²) in [6, 6.07) is 8.12. The molecule has 0 amide bonds. The summed E-state index contributed by atoms with van der Waals surface area (Å²) in [6.07, 6.45) is 15.9. The number of carbonyl (C=O) groups excluding carboxylic acids is 2. The average molecular weight is 448 g/mol. The van der Waals surface area contributed by atoms with E-state index in [1.54, 1.807) is 6.92 Å². The van der Waals surface area contributed by atoms with Crippen LogP contribution >= 0.6 is 0 Å². The number of nitrogens with two attached hydrogens (primary N) is 1. The minimum atomic E-state index is -1.03. The lowest BCUT2D eigenvalue weighted by atomic mass is 10.0. The molecule has 182 valence electrons. The van der Waals surface area contributed by atoms with Crippen LogP contribution in [0, 0.1) is 0 Å². The maximum absolute atomic E-state index is 12.4. The molecule has 0 radical (unpaired) electrons. The summed E-state index contributed by atoms with van der Waals surface area (Å²) in [7, 11) is 0. The molecule has 5 nitrogen and oxygen atoms in total. The lowest BCUT2D eigenvalue weighted by Gasteiger charge is -2.23. The molecule has 0 saturated heterocycles. The molecule has 1 aromatic carbocycles. The first kappa shape index (κ1) is 28.2. The maximum Gasteiger partial charge on any atom is 0.327 e. The summed E-state index contributed by atoms with van der Waals surface area (Å²) in [5.74, 6) is -0.878. The van der Waals surface area contributed by atoms with Crippen molar-refractivity contribution in [3.8, 4) is 0 Å². The molecule has 0 heterocycles. The second kappa shape index (κ2) is 18.7. The first-order valence-corrected chi connectivity index (χ1v) is 12.8. The Kier molecular flexibility index (Phi) is 16.4. The fourth-order valence-electron chi connectivity index (χ4n) is 3.84. The van der Waals surface area contributed by atoms with Gasteiger partial charge < -0.3 is 15.2 Å². The Morgan fingerprint density at radius 1 is 0.781 bits per heavy atom. The van der Waals surface area contributed by atoms with Crippen molar-refractivity contribution in [2.45, 2.75) is 116 Å². The molecule has 0 aliphatic carbocycles. The van der Waals surface area contributed by atoms with Crippen LogP contribution in [0.4, 0.5) is 0 Å². The molecular formula is C27H45NO4. The van der Waals surface area contributed by atoms with Crippen LogP contribution in [-0.2, 0) is 19.1 Å². The van der Waals surface area contributed by atoms with Crippen molar-refractivity contribution in [2.75, 3.05) is 6.61 Å². The average Bonchev–Trinajstić information content (AvgIpc) is 2.80. The number of hydrogen-bond donors (Lipinski definition) is 1. The van der Waals surface area contributed by atoms with Gasteiger partial charge in [0, 0.05) is 6.42 Å². The van der Waals surface area contributed by atoms with Gasteiger partial charge in [-0.15, -0.1) is 0 Å². The van der Waals surface area contributed by atoms with Gasteiger partial charge in [0.2, 0.25) is 0 Å². The molecule has 1 rings (SSSR count). The van der Waals surface area contributed by atoms with E-state index in [1.165, 1.54) is 64.2 Å². The second-order valence-corrected chi connectivity index (χ2v) is 8.59.